The van der Waals surface area contributed by atoms with Crippen LogP contribution in [-0.4, -0.2) is 18.9 Å². The number of hydrogen-bond acceptors (Lipinski definition) is 2. The predicted molar refractivity (Wildman–Crippen MR) is 73.6 cm³/mol. The Hall–Kier alpha value is -2.09. The summed E-state index contributed by atoms with van der Waals surface area (Å²) in [5.41, 5.74) is 2.20. The Bertz CT molecular complexity index is 552. The summed E-state index contributed by atoms with van der Waals surface area (Å²) in [7, 11) is 1.69. The fraction of sp³-hybridized carbons (Fsp3) is 0.188. The molecule has 0 amide bonds. The van der Waals surface area contributed by atoms with Crippen molar-refractivity contribution >= 4 is 5.71 Å². The van der Waals surface area contributed by atoms with Gasteiger partial charge in [0, 0.05) is 5.92 Å². The maximum Gasteiger partial charge on any atom is 0.116 e. The summed E-state index contributed by atoms with van der Waals surface area (Å²) in [6, 6.07) is 10.4. The lowest BCUT2D eigenvalue weighted by Gasteiger charge is -2.24. The lowest BCUT2D eigenvalue weighted by molar-refractivity contribution is 0.300. The van der Waals surface area contributed by atoms with E-state index in [4.69, 9.17) is 9.73 Å². The van der Waals surface area contributed by atoms with Crippen LogP contribution in [0.1, 0.15) is 5.56 Å². The van der Waals surface area contributed by atoms with E-state index in [0.717, 1.165) is 17.0 Å². The first-order chi connectivity index (χ1) is 8.86. The molecule has 0 aromatic heterocycles. The third kappa shape index (κ3) is 2.02. The highest BCUT2D eigenvalue weighted by Crippen LogP contribution is 2.25. The summed E-state index contributed by atoms with van der Waals surface area (Å²) < 4.78 is 5.26. The molecule has 2 aliphatic rings. The molecule has 0 fully saturated rings. The van der Waals surface area contributed by atoms with Gasteiger partial charge in [0.15, 0.2) is 0 Å². The van der Waals surface area contributed by atoms with Gasteiger partial charge in [-0.1, -0.05) is 42.5 Å². The number of benzene rings is 1. The van der Waals surface area contributed by atoms with E-state index in [0.29, 0.717) is 5.92 Å². The van der Waals surface area contributed by atoms with Gasteiger partial charge in [0.25, 0.3) is 0 Å². The molecule has 1 aromatic carbocycles. The number of aliphatic imine (C=N–C) groups is 1. The zero-order chi connectivity index (χ0) is 12.4. The Morgan fingerprint density at radius 1 is 1.06 bits per heavy atom. The van der Waals surface area contributed by atoms with E-state index >= 15 is 0 Å². The molecule has 18 heavy (non-hydrogen) atoms. The topological polar surface area (TPSA) is 21.6 Å². The van der Waals surface area contributed by atoms with Gasteiger partial charge in [-0.15, -0.1) is 0 Å². The standard InChI is InChI=1S/C16H15NO/c1-18-14-9-7-13-8-10-15(17-16(13)11-14)12-5-3-2-4-6-12/h2-11,13,16H,1H3. The van der Waals surface area contributed by atoms with Crippen LogP contribution in [0, 0.1) is 5.92 Å². The average Bonchev–Trinajstić information content (AvgIpc) is 2.47. The fourth-order valence-corrected chi connectivity index (χ4v) is 2.28. The van der Waals surface area contributed by atoms with Gasteiger partial charge < -0.3 is 4.74 Å². The Morgan fingerprint density at radius 2 is 1.83 bits per heavy atom. The molecule has 0 N–H and O–H groups in total. The van der Waals surface area contributed by atoms with Crippen LogP contribution < -0.4 is 0 Å². The Labute approximate surface area is 107 Å². The van der Waals surface area contributed by atoms with Gasteiger partial charge in [-0.25, -0.2) is 0 Å². The number of methoxy groups -OCH3 is 1. The van der Waals surface area contributed by atoms with Crippen LogP contribution in [0.25, 0.3) is 0 Å². The molecule has 2 unspecified atom stereocenters. The summed E-state index contributed by atoms with van der Waals surface area (Å²) in [6.45, 7) is 0. The molecule has 0 saturated heterocycles. The van der Waals surface area contributed by atoms with Crippen LogP contribution in [-0.2, 0) is 4.74 Å². The second-order valence-corrected chi connectivity index (χ2v) is 4.44. The molecule has 3 rings (SSSR count). The maximum absolute atomic E-state index is 5.26. The van der Waals surface area contributed by atoms with Crippen LogP contribution in [0.2, 0.25) is 0 Å². The molecule has 0 spiro atoms. The van der Waals surface area contributed by atoms with E-state index in [9.17, 15) is 0 Å². The first kappa shape index (κ1) is 11.0. The molecule has 1 aliphatic heterocycles. The molecule has 0 saturated carbocycles. The lowest BCUT2D eigenvalue weighted by atomic mass is 9.90. The minimum absolute atomic E-state index is 0.158. The van der Waals surface area contributed by atoms with Crippen molar-refractivity contribution in [2.75, 3.05) is 7.11 Å². The number of dihydropyridines is 1. The van der Waals surface area contributed by atoms with Gasteiger partial charge in [0.2, 0.25) is 0 Å². The highest BCUT2D eigenvalue weighted by atomic mass is 16.5. The molecule has 2 heteroatoms. The van der Waals surface area contributed by atoms with Crippen molar-refractivity contribution in [1.82, 2.24) is 0 Å². The zero-order valence-electron chi connectivity index (χ0n) is 10.3. The van der Waals surface area contributed by atoms with Gasteiger partial charge in [0.1, 0.15) is 5.76 Å². The molecule has 90 valence electrons. The molecule has 0 bridgehead atoms. The second-order valence-electron chi connectivity index (χ2n) is 4.44. The third-order valence-corrected chi connectivity index (χ3v) is 3.28. The molecule has 1 aromatic rings. The Kier molecular flexibility index (Phi) is 2.85. The normalized spacial score (nSPS) is 25.2. The van der Waals surface area contributed by atoms with Crippen molar-refractivity contribution in [2.24, 2.45) is 10.9 Å². The van der Waals surface area contributed by atoms with Crippen molar-refractivity contribution < 1.29 is 4.74 Å². The van der Waals surface area contributed by atoms with Crippen LogP contribution in [0.5, 0.6) is 0 Å². The summed E-state index contributed by atoms with van der Waals surface area (Å²) in [5, 5.41) is 0. The van der Waals surface area contributed by atoms with Gasteiger partial charge in [-0.2, -0.15) is 0 Å². The van der Waals surface area contributed by atoms with E-state index in [1.54, 1.807) is 7.11 Å². The molecule has 1 heterocycles. The van der Waals surface area contributed by atoms with Crippen molar-refractivity contribution in [1.29, 1.82) is 0 Å². The minimum atomic E-state index is 0.158. The molecule has 2 atom stereocenters. The molecular weight excluding hydrogens is 222 g/mol. The smallest absolute Gasteiger partial charge is 0.116 e. The Balaban J connectivity index is 1.92. The molecule has 0 radical (unpaired) electrons. The van der Waals surface area contributed by atoms with Gasteiger partial charge in [-0.3, -0.25) is 4.99 Å². The summed E-state index contributed by atoms with van der Waals surface area (Å²) in [5.74, 6) is 1.25. The lowest BCUT2D eigenvalue weighted by Crippen LogP contribution is -2.22. The molecular formula is C16H15NO. The summed E-state index contributed by atoms with van der Waals surface area (Å²) in [4.78, 5) is 4.79. The Morgan fingerprint density at radius 3 is 2.61 bits per heavy atom. The maximum atomic E-state index is 5.26. The number of fused-ring (bicyclic) bond motifs is 1. The summed E-state index contributed by atoms with van der Waals surface area (Å²) >= 11 is 0. The number of nitrogens with zero attached hydrogens (tertiary/aromatic N) is 1. The van der Waals surface area contributed by atoms with Crippen LogP contribution in [0.3, 0.4) is 0 Å². The number of allylic oxidation sites excluding steroid dienone is 2. The van der Waals surface area contributed by atoms with E-state index < -0.39 is 0 Å². The zero-order valence-corrected chi connectivity index (χ0v) is 10.3. The monoisotopic (exact) mass is 237 g/mol. The molecule has 2 nitrogen and oxygen atoms in total. The van der Waals surface area contributed by atoms with Gasteiger partial charge in [-0.05, 0) is 23.8 Å². The van der Waals surface area contributed by atoms with Gasteiger partial charge in [0.05, 0.1) is 18.9 Å². The van der Waals surface area contributed by atoms with E-state index in [-0.39, 0.29) is 6.04 Å². The first-order valence-corrected chi connectivity index (χ1v) is 6.12. The highest BCUT2D eigenvalue weighted by Gasteiger charge is 2.22. The van der Waals surface area contributed by atoms with E-state index in [2.05, 4.69) is 36.4 Å². The molecule has 1 aliphatic carbocycles. The number of ether oxygens (including phenoxy) is 1. The SMILES string of the molecule is COC1=CC2N=C(c3ccccc3)C=CC2C=C1. The fourth-order valence-electron chi connectivity index (χ4n) is 2.28. The highest BCUT2D eigenvalue weighted by molar-refractivity contribution is 6.09. The van der Waals surface area contributed by atoms with E-state index in [1.165, 1.54) is 0 Å². The van der Waals surface area contributed by atoms with Crippen molar-refractivity contribution in [3.63, 3.8) is 0 Å². The second kappa shape index (κ2) is 4.65. The van der Waals surface area contributed by atoms with Gasteiger partial charge >= 0.3 is 0 Å². The number of hydrogen-bond donors (Lipinski definition) is 0. The van der Waals surface area contributed by atoms with Crippen LogP contribution >= 0.6 is 0 Å². The number of rotatable bonds is 2. The van der Waals surface area contributed by atoms with Crippen LogP contribution in [0.15, 0.2) is 71.5 Å². The van der Waals surface area contributed by atoms with Crippen molar-refractivity contribution in [3.05, 3.63) is 72.0 Å². The average molecular weight is 237 g/mol. The summed E-state index contributed by atoms with van der Waals surface area (Å²) in [6.07, 6.45) is 10.5. The third-order valence-electron chi connectivity index (χ3n) is 3.28. The largest absolute Gasteiger partial charge is 0.497 e. The van der Waals surface area contributed by atoms with Crippen LogP contribution in [0.4, 0.5) is 0 Å². The van der Waals surface area contributed by atoms with Crippen molar-refractivity contribution in [2.45, 2.75) is 6.04 Å². The predicted octanol–water partition coefficient (Wildman–Crippen LogP) is 3.13. The minimum Gasteiger partial charge on any atom is -0.497 e. The van der Waals surface area contributed by atoms with E-state index in [1.807, 2.05) is 24.3 Å². The quantitative estimate of drug-likeness (QED) is 0.774. The van der Waals surface area contributed by atoms with Crippen molar-refractivity contribution in [3.8, 4) is 0 Å². The first-order valence-electron chi connectivity index (χ1n) is 6.12.